The molecule has 26 heavy (non-hydrogen) atoms. The highest BCUT2D eigenvalue weighted by atomic mass is 35.5. The molecule has 0 aliphatic carbocycles. The van der Waals surface area contributed by atoms with E-state index in [9.17, 15) is 9.59 Å². The van der Waals surface area contributed by atoms with Gasteiger partial charge in [0.15, 0.2) is 0 Å². The second kappa shape index (κ2) is 8.86. The lowest BCUT2D eigenvalue weighted by molar-refractivity contribution is -0.126. The lowest BCUT2D eigenvalue weighted by Crippen LogP contribution is -2.37. The third-order valence-electron chi connectivity index (χ3n) is 4.35. The minimum absolute atomic E-state index is 0.0661. The quantitative estimate of drug-likeness (QED) is 0.786. The molecule has 0 fully saturated rings. The van der Waals surface area contributed by atoms with Crippen molar-refractivity contribution in [2.24, 2.45) is 5.92 Å². The van der Waals surface area contributed by atoms with E-state index < -0.39 is 0 Å². The van der Waals surface area contributed by atoms with Crippen molar-refractivity contribution < 1.29 is 9.59 Å². The Kier molecular flexibility index (Phi) is 6.81. The van der Waals surface area contributed by atoms with Gasteiger partial charge in [-0.05, 0) is 48.6 Å². The molecule has 5 heteroatoms. The second-order valence-electron chi connectivity index (χ2n) is 6.81. The Morgan fingerprint density at radius 2 is 1.58 bits per heavy atom. The average molecular weight is 373 g/mol. The number of aryl methyl sites for hydroxylation is 2. The fraction of sp³-hybridized carbons (Fsp3) is 0.333. The van der Waals surface area contributed by atoms with Gasteiger partial charge in [0, 0.05) is 10.7 Å². The van der Waals surface area contributed by atoms with Crippen molar-refractivity contribution in [1.82, 2.24) is 5.32 Å². The maximum atomic E-state index is 12.6. The number of nitrogens with one attached hydrogen (secondary N) is 2. The predicted octanol–water partition coefficient (Wildman–Crippen LogP) is 4.45. The van der Waals surface area contributed by atoms with Crippen LogP contribution in [0.3, 0.4) is 0 Å². The molecule has 2 amide bonds. The lowest BCUT2D eigenvalue weighted by atomic mass is 9.87. The SMILES string of the molecule is Cc1cccc(C)c1NC(=O)CNC(=O)[C@@H](c1ccc(Cl)cc1)C(C)C. The van der Waals surface area contributed by atoms with E-state index >= 15 is 0 Å². The third-order valence-corrected chi connectivity index (χ3v) is 4.60. The molecule has 2 aromatic rings. The van der Waals surface area contributed by atoms with Gasteiger partial charge in [0.2, 0.25) is 11.8 Å². The molecule has 138 valence electrons. The summed E-state index contributed by atoms with van der Waals surface area (Å²) in [6.45, 7) is 7.78. The zero-order chi connectivity index (χ0) is 19.3. The van der Waals surface area contributed by atoms with Gasteiger partial charge in [-0.2, -0.15) is 0 Å². The van der Waals surface area contributed by atoms with Crippen LogP contribution in [-0.4, -0.2) is 18.4 Å². The summed E-state index contributed by atoms with van der Waals surface area (Å²) in [4.78, 5) is 24.9. The van der Waals surface area contributed by atoms with Gasteiger partial charge in [0.1, 0.15) is 0 Å². The first-order valence-corrected chi connectivity index (χ1v) is 9.06. The van der Waals surface area contributed by atoms with Crippen LogP contribution in [0.5, 0.6) is 0 Å². The minimum Gasteiger partial charge on any atom is -0.346 e. The fourth-order valence-electron chi connectivity index (χ4n) is 2.98. The Hall–Kier alpha value is -2.33. The summed E-state index contributed by atoms with van der Waals surface area (Å²) in [5, 5.41) is 6.26. The van der Waals surface area contributed by atoms with Crippen LogP contribution in [0.25, 0.3) is 0 Å². The molecule has 2 N–H and O–H groups in total. The van der Waals surface area contributed by atoms with Crippen LogP contribution >= 0.6 is 11.6 Å². The van der Waals surface area contributed by atoms with E-state index in [0.717, 1.165) is 22.4 Å². The molecule has 0 aliphatic heterocycles. The molecule has 0 radical (unpaired) electrons. The first kappa shape index (κ1) is 20.0. The fourth-order valence-corrected chi connectivity index (χ4v) is 3.11. The normalized spacial score (nSPS) is 11.9. The van der Waals surface area contributed by atoms with Crippen molar-refractivity contribution in [3.63, 3.8) is 0 Å². The Labute approximate surface area is 159 Å². The van der Waals surface area contributed by atoms with E-state index in [-0.39, 0.29) is 30.2 Å². The highest BCUT2D eigenvalue weighted by Crippen LogP contribution is 2.26. The summed E-state index contributed by atoms with van der Waals surface area (Å²) >= 11 is 5.93. The third kappa shape index (κ3) is 5.09. The predicted molar refractivity (Wildman–Crippen MR) is 107 cm³/mol. The van der Waals surface area contributed by atoms with Crippen LogP contribution in [0.15, 0.2) is 42.5 Å². The Bertz CT molecular complexity index is 765. The molecule has 2 aromatic carbocycles. The molecule has 0 spiro atoms. The van der Waals surface area contributed by atoms with E-state index in [2.05, 4.69) is 10.6 Å². The number of carbonyl (C=O) groups is 2. The first-order valence-electron chi connectivity index (χ1n) is 8.69. The first-order chi connectivity index (χ1) is 12.3. The number of benzene rings is 2. The number of hydrogen-bond acceptors (Lipinski definition) is 2. The number of para-hydroxylation sites is 1. The van der Waals surface area contributed by atoms with Gasteiger partial charge in [0.05, 0.1) is 12.5 Å². The summed E-state index contributed by atoms with van der Waals surface area (Å²) in [5.74, 6) is -0.647. The smallest absolute Gasteiger partial charge is 0.243 e. The molecule has 0 saturated heterocycles. The molecular formula is C21H25ClN2O2. The van der Waals surface area contributed by atoms with Crippen LogP contribution in [0.1, 0.15) is 36.5 Å². The number of hydrogen-bond donors (Lipinski definition) is 2. The Morgan fingerprint density at radius 3 is 2.12 bits per heavy atom. The zero-order valence-corrected chi connectivity index (χ0v) is 16.4. The highest BCUT2D eigenvalue weighted by Gasteiger charge is 2.24. The molecule has 0 bridgehead atoms. The molecule has 0 saturated carbocycles. The molecule has 0 unspecified atom stereocenters. The van der Waals surface area contributed by atoms with E-state index in [1.54, 1.807) is 12.1 Å². The van der Waals surface area contributed by atoms with Crippen molar-refractivity contribution in [1.29, 1.82) is 0 Å². The highest BCUT2D eigenvalue weighted by molar-refractivity contribution is 6.30. The van der Waals surface area contributed by atoms with E-state index in [1.165, 1.54) is 0 Å². The Morgan fingerprint density at radius 1 is 1.00 bits per heavy atom. The maximum Gasteiger partial charge on any atom is 0.243 e. The van der Waals surface area contributed by atoms with Gasteiger partial charge in [-0.1, -0.05) is 55.8 Å². The summed E-state index contributed by atoms with van der Waals surface area (Å²) in [5.41, 5.74) is 3.67. The molecule has 2 rings (SSSR count). The van der Waals surface area contributed by atoms with Gasteiger partial charge in [-0.3, -0.25) is 9.59 Å². The summed E-state index contributed by atoms with van der Waals surface area (Å²) in [7, 11) is 0. The van der Waals surface area contributed by atoms with Crippen molar-refractivity contribution in [3.8, 4) is 0 Å². The van der Waals surface area contributed by atoms with Crippen molar-refractivity contribution >= 4 is 29.1 Å². The number of amides is 2. The van der Waals surface area contributed by atoms with E-state index in [4.69, 9.17) is 11.6 Å². The zero-order valence-electron chi connectivity index (χ0n) is 15.6. The Balaban J connectivity index is 2.01. The van der Waals surface area contributed by atoms with Gasteiger partial charge in [-0.15, -0.1) is 0 Å². The van der Waals surface area contributed by atoms with Crippen LogP contribution in [0.2, 0.25) is 5.02 Å². The number of rotatable bonds is 6. The van der Waals surface area contributed by atoms with Crippen LogP contribution < -0.4 is 10.6 Å². The van der Waals surface area contributed by atoms with Gasteiger partial charge >= 0.3 is 0 Å². The molecular weight excluding hydrogens is 348 g/mol. The van der Waals surface area contributed by atoms with Gasteiger partial charge in [-0.25, -0.2) is 0 Å². The van der Waals surface area contributed by atoms with Gasteiger partial charge in [0.25, 0.3) is 0 Å². The molecule has 0 aromatic heterocycles. The molecule has 0 heterocycles. The number of anilines is 1. The molecule has 4 nitrogen and oxygen atoms in total. The minimum atomic E-state index is -0.333. The molecule has 1 atom stereocenters. The summed E-state index contributed by atoms with van der Waals surface area (Å²) < 4.78 is 0. The second-order valence-corrected chi connectivity index (χ2v) is 7.24. The van der Waals surface area contributed by atoms with Crippen LogP contribution in [0, 0.1) is 19.8 Å². The van der Waals surface area contributed by atoms with Crippen LogP contribution in [-0.2, 0) is 9.59 Å². The van der Waals surface area contributed by atoms with Crippen LogP contribution in [0.4, 0.5) is 5.69 Å². The summed E-state index contributed by atoms with van der Waals surface area (Å²) in [6.07, 6.45) is 0. The van der Waals surface area contributed by atoms with Crippen molar-refractivity contribution in [3.05, 3.63) is 64.2 Å². The maximum absolute atomic E-state index is 12.6. The summed E-state index contributed by atoms with van der Waals surface area (Å²) in [6, 6.07) is 13.1. The standard InChI is InChI=1S/C21H25ClN2O2/c1-13(2)19(16-8-10-17(22)11-9-16)21(26)23-12-18(25)24-20-14(3)6-5-7-15(20)4/h5-11,13,19H,12H2,1-4H3,(H,23,26)(H,24,25)/t19-/m1/s1. The van der Waals surface area contributed by atoms with Crippen molar-refractivity contribution in [2.75, 3.05) is 11.9 Å². The van der Waals surface area contributed by atoms with E-state index in [0.29, 0.717) is 5.02 Å². The lowest BCUT2D eigenvalue weighted by Gasteiger charge is -2.21. The number of carbonyl (C=O) groups excluding carboxylic acids is 2. The average Bonchev–Trinajstić information content (AvgIpc) is 2.58. The number of halogens is 1. The topological polar surface area (TPSA) is 58.2 Å². The largest absolute Gasteiger partial charge is 0.346 e. The monoisotopic (exact) mass is 372 g/mol. The van der Waals surface area contributed by atoms with Gasteiger partial charge < -0.3 is 10.6 Å². The van der Waals surface area contributed by atoms with E-state index in [1.807, 2.05) is 58.0 Å². The molecule has 0 aliphatic rings. The van der Waals surface area contributed by atoms with Crippen molar-refractivity contribution in [2.45, 2.75) is 33.6 Å².